The molecule has 0 aromatic heterocycles. The number of hydrogen-bond acceptors (Lipinski definition) is 1. The molecule has 42 valence electrons. The zero-order valence-electron chi connectivity index (χ0n) is 4.72. The molecule has 0 heterocycles. The van der Waals surface area contributed by atoms with Gasteiger partial charge in [-0.15, -0.1) is 0 Å². The van der Waals surface area contributed by atoms with Gasteiger partial charge in [0.25, 0.3) is 0 Å². The van der Waals surface area contributed by atoms with Crippen molar-refractivity contribution < 1.29 is 0 Å². The Morgan fingerprint density at radius 2 is 2.38 bits per heavy atom. The monoisotopic (exact) mass is 107 g/mol. The van der Waals surface area contributed by atoms with E-state index in [2.05, 4.69) is 6.58 Å². The summed E-state index contributed by atoms with van der Waals surface area (Å²) in [4.78, 5) is 0. The van der Waals surface area contributed by atoms with Gasteiger partial charge in [0.05, 0.1) is 0 Å². The average molecular weight is 107 g/mol. The second-order valence-electron chi connectivity index (χ2n) is 1.94. The van der Waals surface area contributed by atoms with Gasteiger partial charge in [0, 0.05) is 12.1 Å². The van der Waals surface area contributed by atoms with Crippen LogP contribution in [-0.4, -0.2) is 0 Å². The van der Waals surface area contributed by atoms with E-state index in [1.54, 1.807) is 0 Å². The van der Waals surface area contributed by atoms with E-state index in [9.17, 15) is 0 Å². The molecule has 0 aromatic rings. The van der Waals surface area contributed by atoms with Gasteiger partial charge in [-0.3, -0.25) is 0 Å². The number of rotatable bonds is 0. The van der Waals surface area contributed by atoms with Crippen molar-refractivity contribution in [1.29, 1.82) is 0 Å². The Balaban J connectivity index is 2.73. The summed E-state index contributed by atoms with van der Waals surface area (Å²) in [6.07, 6.45) is 6.61. The molecule has 0 saturated heterocycles. The first-order valence-electron chi connectivity index (χ1n) is 2.59. The normalized spacial score (nSPS) is 18.5. The number of nitrogens with two attached hydrogens (primary N) is 1. The molecular weight excluding hydrogens is 98.1 g/mol. The molecule has 0 fully saturated rings. The minimum atomic E-state index is 0.830. The van der Waals surface area contributed by atoms with Crippen LogP contribution in [0.4, 0.5) is 0 Å². The lowest BCUT2D eigenvalue weighted by atomic mass is 10.1. The standard InChI is InChI=1S/C7H9N/c1-6-3-2-4-7(8)5-6/h2-4H,1,5,8H2. The molecule has 0 aliphatic heterocycles. The molecule has 0 atom stereocenters. The van der Waals surface area contributed by atoms with Gasteiger partial charge in [-0.05, 0) is 11.6 Å². The third kappa shape index (κ3) is 0.997. The molecule has 8 heavy (non-hydrogen) atoms. The lowest BCUT2D eigenvalue weighted by molar-refractivity contribution is 1.11. The summed E-state index contributed by atoms with van der Waals surface area (Å²) in [6, 6.07) is 0. The Labute approximate surface area is 49.2 Å². The van der Waals surface area contributed by atoms with Gasteiger partial charge >= 0.3 is 0 Å². The Hall–Kier alpha value is -0.980. The topological polar surface area (TPSA) is 26.0 Å². The van der Waals surface area contributed by atoms with Gasteiger partial charge in [0.2, 0.25) is 0 Å². The van der Waals surface area contributed by atoms with E-state index in [1.807, 2.05) is 18.2 Å². The van der Waals surface area contributed by atoms with E-state index in [4.69, 9.17) is 5.73 Å². The van der Waals surface area contributed by atoms with Crippen molar-refractivity contribution in [3.63, 3.8) is 0 Å². The summed E-state index contributed by atoms with van der Waals surface area (Å²) >= 11 is 0. The quantitative estimate of drug-likeness (QED) is 0.496. The highest BCUT2D eigenvalue weighted by atomic mass is 14.6. The molecule has 1 aliphatic carbocycles. The smallest absolute Gasteiger partial charge is 0.0125 e. The Morgan fingerprint density at radius 1 is 1.62 bits per heavy atom. The van der Waals surface area contributed by atoms with E-state index in [1.165, 1.54) is 0 Å². The summed E-state index contributed by atoms with van der Waals surface area (Å²) < 4.78 is 0. The van der Waals surface area contributed by atoms with E-state index in [0.717, 1.165) is 17.7 Å². The van der Waals surface area contributed by atoms with Crippen molar-refractivity contribution in [1.82, 2.24) is 0 Å². The fraction of sp³-hybridized carbons (Fsp3) is 0.143. The van der Waals surface area contributed by atoms with Gasteiger partial charge in [-0.1, -0.05) is 18.7 Å². The van der Waals surface area contributed by atoms with Crippen molar-refractivity contribution in [2.75, 3.05) is 0 Å². The molecule has 1 heteroatoms. The summed E-state index contributed by atoms with van der Waals surface area (Å²) in [5.74, 6) is 0. The molecular formula is C7H9N. The maximum absolute atomic E-state index is 5.47. The lowest BCUT2D eigenvalue weighted by Crippen LogP contribution is -1.99. The third-order valence-electron chi connectivity index (χ3n) is 1.07. The maximum Gasteiger partial charge on any atom is 0.0125 e. The highest BCUT2D eigenvalue weighted by Crippen LogP contribution is 2.10. The molecule has 1 aliphatic rings. The average Bonchev–Trinajstić information content (AvgIpc) is 1.64. The minimum absolute atomic E-state index is 0.830. The molecule has 0 radical (unpaired) electrons. The third-order valence-corrected chi connectivity index (χ3v) is 1.07. The predicted molar refractivity (Wildman–Crippen MR) is 35.2 cm³/mol. The van der Waals surface area contributed by atoms with E-state index >= 15 is 0 Å². The lowest BCUT2D eigenvalue weighted by Gasteiger charge is -2.03. The first-order chi connectivity index (χ1) is 3.79. The Kier molecular flexibility index (Phi) is 1.20. The largest absolute Gasteiger partial charge is 0.402 e. The van der Waals surface area contributed by atoms with E-state index < -0.39 is 0 Å². The van der Waals surface area contributed by atoms with Crippen molar-refractivity contribution in [2.45, 2.75) is 6.42 Å². The van der Waals surface area contributed by atoms with E-state index in [0.29, 0.717) is 0 Å². The maximum atomic E-state index is 5.47. The van der Waals surface area contributed by atoms with Crippen LogP contribution >= 0.6 is 0 Å². The van der Waals surface area contributed by atoms with Crippen LogP contribution in [0.3, 0.4) is 0 Å². The van der Waals surface area contributed by atoms with E-state index in [-0.39, 0.29) is 0 Å². The summed E-state index contributed by atoms with van der Waals surface area (Å²) in [7, 11) is 0. The molecule has 0 bridgehead atoms. The molecule has 0 aromatic carbocycles. The van der Waals surface area contributed by atoms with Crippen molar-refractivity contribution in [3.8, 4) is 0 Å². The van der Waals surface area contributed by atoms with Crippen LogP contribution in [0.25, 0.3) is 0 Å². The zero-order valence-corrected chi connectivity index (χ0v) is 4.72. The summed E-state index contributed by atoms with van der Waals surface area (Å²) in [5.41, 5.74) is 7.46. The molecule has 0 saturated carbocycles. The van der Waals surface area contributed by atoms with Gasteiger partial charge < -0.3 is 5.73 Å². The van der Waals surface area contributed by atoms with Crippen LogP contribution in [0.2, 0.25) is 0 Å². The molecule has 1 rings (SSSR count). The van der Waals surface area contributed by atoms with Gasteiger partial charge in [-0.2, -0.15) is 0 Å². The predicted octanol–water partition coefficient (Wildman–Crippen LogP) is 1.35. The van der Waals surface area contributed by atoms with Gasteiger partial charge in [-0.25, -0.2) is 0 Å². The first-order valence-corrected chi connectivity index (χ1v) is 2.59. The minimum Gasteiger partial charge on any atom is -0.402 e. The fourth-order valence-electron chi connectivity index (χ4n) is 0.688. The Morgan fingerprint density at radius 3 is 2.75 bits per heavy atom. The molecule has 2 N–H and O–H groups in total. The molecule has 0 unspecified atom stereocenters. The van der Waals surface area contributed by atoms with Crippen molar-refractivity contribution in [2.24, 2.45) is 5.73 Å². The summed E-state index contributed by atoms with van der Waals surface area (Å²) in [6.45, 7) is 3.76. The molecule has 1 nitrogen and oxygen atoms in total. The van der Waals surface area contributed by atoms with Crippen LogP contribution < -0.4 is 5.73 Å². The molecule has 0 spiro atoms. The SMILES string of the molecule is C=C1C=CC=C(N)C1. The van der Waals surface area contributed by atoms with Crippen LogP contribution in [0.15, 0.2) is 36.1 Å². The van der Waals surface area contributed by atoms with Crippen LogP contribution in [0, 0.1) is 0 Å². The second-order valence-corrected chi connectivity index (χ2v) is 1.94. The highest BCUT2D eigenvalue weighted by Gasteiger charge is 1.94. The van der Waals surface area contributed by atoms with Crippen LogP contribution in [0.1, 0.15) is 6.42 Å². The Bertz CT molecular complexity index is 163. The van der Waals surface area contributed by atoms with Crippen molar-refractivity contribution in [3.05, 3.63) is 36.1 Å². The zero-order chi connectivity index (χ0) is 5.98. The highest BCUT2D eigenvalue weighted by molar-refractivity contribution is 5.30. The van der Waals surface area contributed by atoms with Crippen LogP contribution in [0.5, 0.6) is 0 Å². The number of allylic oxidation sites excluding steroid dienone is 4. The molecule has 0 amide bonds. The number of hydrogen-bond donors (Lipinski definition) is 1. The van der Waals surface area contributed by atoms with Crippen LogP contribution in [-0.2, 0) is 0 Å². The van der Waals surface area contributed by atoms with Gasteiger partial charge in [0.15, 0.2) is 0 Å². The second kappa shape index (κ2) is 1.86. The van der Waals surface area contributed by atoms with Gasteiger partial charge in [0.1, 0.15) is 0 Å². The van der Waals surface area contributed by atoms with Crippen molar-refractivity contribution >= 4 is 0 Å². The first kappa shape index (κ1) is 5.16. The fourth-order valence-corrected chi connectivity index (χ4v) is 0.688. The summed E-state index contributed by atoms with van der Waals surface area (Å²) in [5, 5.41) is 0.